The van der Waals surface area contributed by atoms with Gasteiger partial charge in [-0.25, -0.2) is 0 Å². The van der Waals surface area contributed by atoms with Crippen LogP contribution in [-0.2, 0) is 14.3 Å². The summed E-state index contributed by atoms with van der Waals surface area (Å²) in [5.41, 5.74) is 1.07. The fourth-order valence-corrected chi connectivity index (χ4v) is 3.45. The summed E-state index contributed by atoms with van der Waals surface area (Å²) in [4.78, 5) is 28.6. The lowest BCUT2D eigenvalue weighted by Crippen LogP contribution is -2.42. The molecule has 0 bridgehead atoms. The van der Waals surface area contributed by atoms with Crippen molar-refractivity contribution in [2.24, 2.45) is 0 Å². The molecule has 1 atom stereocenters. The number of nitrogens with zero attached hydrogens (tertiary/aromatic N) is 2. The van der Waals surface area contributed by atoms with Gasteiger partial charge in [-0.05, 0) is 30.5 Å². The van der Waals surface area contributed by atoms with Crippen LogP contribution in [-0.4, -0.2) is 54.4 Å². The number of benzene rings is 1. The summed E-state index contributed by atoms with van der Waals surface area (Å²) in [6.07, 6.45) is 2.35. The quantitative estimate of drug-likeness (QED) is 0.637. The lowest BCUT2D eigenvalue weighted by atomic mass is 10.1. The highest BCUT2D eigenvalue weighted by Gasteiger charge is 2.26. The molecular formula is C20H29BrN2O3. The molecule has 5 nitrogen and oxygen atoms in total. The number of carbonyl (C=O) groups is 2. The molecular weight excluding hydrogens is 396 g/mol. The van der Waals surface area contributed by atoms with Crippen LogP contribution in [0.25, 0.3) is 0 Å². The van der Waals surface area contributed by atoms with E-state index in [1.165, 1.54) is 0 Å². The van der Waals surface area contributed by atoms with Gasteiger partial charge in [0.25, 0.3) is 0 Å². The van der Waals surface area contributed by atoms with E-state index >= 15 is 0 Å². The molecule has 0 radical (unpaired) electrons. The number of halogens is 1. The standard InChI is InChI=1S/C20H29BrN2O3/c1-3-11-22(12-4-2)19(24)9-10-20(25)23-13-14-26-18(15-23)16-5-7-17(21)8-6-16/h5-8,18H,3-4,9-15H2,1-2H3. The number of hydrogen-bond donors (Lipinski definition) is 0. The van der Waals surface area contributed by atoms with Crippen LogP contribution in [0.5, 0.6) is 0 Å². The van der Waals surface area contributed by atoms with E-state index in [-0.39, 0.29) is 24.3 Å². The van der Waals surface area contributed by atoms with E-state index in [1.807, 2.05) is 34.1 Å². The molecule has 1 saturated heterocycles. The molecule has 0 aromatic heterocycles. The highest BCUT2D eigenvalue weighted by Crippen LogP contribution is 2.24. The second-order valence-corrected chi connectivity index (χ2v) is 7.55. The van der Waals surface area contributed by atoms with Crippen LogP contribution in [0, 0.1) is 0 Å². The second kappa shape index (κ2) is 10.7. The van der Waals surface area contributed by atoms with Gasteiger partial charge < -0.3 is 14.5 Å². The van der Waals surface area contributed by atoms with Gasteiger partial charge in [0, 0.05) is 36.9 Å². The van der Waals surface area contributed by atoms with E-state index in [0.29, 0.717) is 26.1 Å². The summed E-state index contributed by atoms with van der Waals surface area (Å²) in [5.74, 6) is 0.122. The van der Waals surface area contributed by atoms with Crippen molar-refractivity contribution in [1.29, 1.82) is 0 Å². The molecule has 0 N–H and O–H groups in total. The third-order valence-corrected chi connectivity index (χ3v) is 5.08. The first-order chi connectivity index (χ1) is 12.5. The van der Waals surface area contributed by atoms with Gasteiger partial charge in [0.2, 0.25) is 11.8 Å². The highest BCUT2D eigenvalue weighted by molar-refractivity contribution is 9.10. The van der Waals surface area contributed by atoms with Gasteiger partial charge in [0.05, 0.1) is 13.2 Å². The zero-order valence-corrected chi connectivity index (χ0v) is 17.3. The Morgan fingerprint density at radius 1 is 1.15 bits per heavy atom. The molecule has 0 spiro atoms. The number of ether oxygens (including phenoxy) is 1. The van der Waals surface area contributed by atoms with Crippen LogP contribution in [0.3, 0.4) is 0 Å². The fourth-order valence-electron chi connectivity index (χ4n) is 3.19. The van der Waals surface area contributed by atoms with Gasteiger partial charge in [-0.1, -0.05) is 41.9 Å². The average Bonchev–Trinajstić information content (AvgIpc) is 2.66. The van der Waals surface area contributed by atoms with E-state index in [2.05, 4.69) is 29.8 Å². The van der Waals surface area contributed by atoms with Crippen molar-refractivity contribution < 1.29 is 14.3 Å². The molecule has 144 valence electrons. The lowest BCUT2D eigenvalue weighted by molar-refractivity contribution is -0.142. The van der Waals surface area contributed by atoms with E-state index in [9.17, 15) is 9.59 Å². The van der Waals surface area contributed by atoms with Crippen LogP contribution >= 0.6 is 15.9 Å². The molecule has 1 aliphatic rings. The molecule has 0 saturated carbocycles. The van der Waals surface area contributed by atoms with Gasteiger partial charge in [0.1, 0.15) is 6.10 Å². The van der Waals surface area contributed by atoms with E-state index < -0.39 is 0 Å². The van der Waals surface area contributed by atoms with Crippen molar-refractivity contribution in [1.82, 2.24) is 9.80 Å². The predicted molar refractivity (Wildman–Crippen MR) is 106 cm³/mol. The number of rotatable bonds is 8. The maximum absolute atomic E-state index is 12.6. The molecule has 2 amide bonds. The molecule has 1 unspecified atom stereocenters. The number of morpholine rings is 1. The minimum absolute atomic E-state index is 0.0386. The number of amides is 2. The number of hydrogen-bond acceptors (Lipinski definition) is 3. The molecule has 1 aliphatic heterocycles. The smallest absolute Gasteiger partial charge is 0.223 e. The van der Waals surface area contributed by atoms with Gasteiger partial charge in [-0.3, -0.25) is 9.59 Å². The molecule has 1 heterocycles. The lowest BCUT2D eigenvalue weighted by Gasteiger charge is -2.33. The Labute approximate surface area is 164 Å². The Bertz CT molecular complexity index is 585. The monoisotopic (exact) mass is 424 g/mol. The van der Waals surface area contributed by atoms with Crippen LogP contribution in [0.4, 0.5) is 0 Å². The fraction of sp³-hybridized carbons (Fsp3) is 0.600. The Morgan fingerprint density at radius 3 is 2.42 bits per heavy atom. The Morgan fingerprint density at radius 2 is 1.81 bits per heavy atom. The summed E-state index contributed by atoms with van der Waals surface area (Å²) in [5, 5.41) is 0. The van der Waals surface area contributed by atoms with Gasteiger partial charge in [0.15, 0.2) is 0 Å². The Balaban J connectivity index is 1.86. The molecule has 6 heteroatoms. The van der Waals surface area contributed by atoms with Crippen molar-refractivity contribution in [2.45, 2.75) is 45.6 Å². The van der Waals surface area contributed by atoms with Crippen LogP contribution in [0.1, 0.15) is 51.2 Å². The maximum atomic E-state index is 12.6. The first kappa shape index (κ1) is 20.9. The first-order valence-electron chi connectivity index (χ1n) is 9.47. The van der Waals surface area contributed by atoms with Gasteiger partial charge in [-0.15, -0.1) is 0 Å². The average molecular weight is 425 g/mol. The largest absolute Gasteiger partial charge is 0.370 e. The van der Waals surface area contributed by atoms with Crippen molar-refractivity contribution in [3.8, 4) is 0 Å². The zero-order valence-electron chi connectivity index (χ0n) is 15.7. The number of carbonyl (C=O) groups excluding carboxylic acids is 2. The maximum Gasteiger partial charge on any atom is 0.223 e. The molecule has 26 heavy (non-hydrogen) atoms. The SMILES string of the molecule is CCCN(CCC)C(=O)CCC(=O)N1CCOC(c2ccc(Br)cc2)C1. The van der Waals surface area contributed by atoms with E-state index in [4.69, 9.17) is 4.74 Å². The van der Waals surface area contributed by atoms with Gasteiger partial charge >= 0.3 is 0 Å². The van der Waals surface area contributed by atoms with Crippen molar-refractivity contribution in [2.75, 3.05) is 32.8 Å². The summed E-state index contributed by atoms with van der Waals surface area (Å²) in [6.45, 7) is 7.33. The van der Waals surface area contributed by atoms with Crippen LogP contribution in [0.2, 0.25) is 0 Å². The summed E-state index contributed by atoms with van der Waals surface area (Å²) < 4.78 is 6.85. The first-order valence-corrected chi connectivity index (χ1v) is 10.3. The van der Waals surface area contributed by atoms with Gasteiger partial charge in [-0.2, -0.15) is 0 Å². The third-order valence-electron chi connectivity index (χ3n) is 4.55. The summed E-state index contributed by atoms with van der Waals surface area (Å²) >= 11 is 3.43. The van der Waals surface area contributed by atoms with Crippen LogP contribution < -0.4 is 0 Å². The van der Waals surface area contributed by atoms with E-state index in [1.54, 1.807) is 0 Å². The molecule has 0 aliphatic carbocycles. The second-order valence-electron chi connectivity index (χ2n) is 6.63. The zero-order chi connectivity index (χ0) is 18.9. The highest BCUT2D eigenvalue weighted by atomic mass is 79.9. The summed E-state index contributed by atoms with van der Waals surface area (Å²) in [6, 6.07) is 7.99. The normalized spacial score (nSPS) is 17.2. The van der Waals surface area contributed by atoms with Crippen molar-refractivity contribution in [3.63, 3.8) is 0 Å². The van der Waals surface area contributed by atoms with E-state index in [0.717, 1.165) is 36.0 Å². The Hall–Kier alpha value is -1.40. The summed E-state index contributed by atoms with van der Waals surface area (Å²) in [7, 11) is 0. The van der Waals surface area contributed by atoms with Crippen molar-refractivity contribution >= 4 is 27.7 Å². The minimum atomic E-state index is -0.104. The van der Waals surface area contributed by atoms with Crippen LogP contribution in [0.15, 0.2) is 28.7 Å². The molecule has 1 fully saturated rings. The molecule has 1 aromatic carbocycles. The topological polar surface area (TPSA) is 49.9 Å². The molecule has 1 aromatic rings. The predicted octanol–water partition coefficient (Wildman–Crippen LogP) is 3.78. The Kier molecular flexibility index (Phi) is 8.59. The third kappa shape index (κ3) is 6.09. The minimum Gasteiger partial charge on any atom is -0.370 e. The molecule has 2 rings (SSSR count). The van der Waals surface area contributed by atoms with Crippen molar-refractivity contribution in [3.05, 3.63) is 34.3 Å².